The molecular weight excluding hydrogens is 432 g/mol. The quantitative estimate of drug-likeness (QED) is 0.322. The van der Waals surface area contributed by atoms with E-state index in [2.05, 4.69) is 10.3 Å². The summed E-state index contributed by atoms with van der Waals surface area (Å²) in [6.45, 7) is 1.84. The van der Waals surface area contributed by atoms with Crippen LogP contribution in [0.1, 0.15) is 15.9 Å². The first-order valence-electron chi connectivity index (χ1n) is 9.53. The third kappa shape index (κ3) is 3.95. The van der Waals surface area contributed by atoms with Crippen molar-refractivity contribution >= 4 is 39.8 Å². The number of pyridine rings is 2. The van der Waals surface area contributed by atoms with Gasteiger partial charge in [-0.15, -0.1) is 0 Å². The van der Waals surface area contributed by atoms with Crippen molar-refractivity contribution in [2.75, 3.05) is 12.4 Å². The summed E-state index contributed by atoms with van der Waals surface area (Å²) in [6.07, 6.45) is 3.32. The molecule has 2 heterocycles. The van der Waals surface area contributed by atoms with Crippen LogP contribution in [0.3, 0.4) is 0 Å². The van der Waals surface area contributed by atoms with Gasteiger partial charge in [0.05, 0.1) is 40.6 Å². The Bertz CT molecular complexity index is 1360. The average Bonchev–Trinajstić information content (AvgIpc) is 2.81. The summed E-state index contributed by atoms with van der Waals surface area (Å²) < 4.78 is 5.23. The molecule has 0 saturated heterocycles. The Balaban J connectivity index is 1.84. The number of nitrogens with one attached hydrogen (secondary N) is 1. The van der Waals surface area contributed by atoms with Crippen LogP contribution in [0.15, 0.2) is 60.9 Å². The van der Waals surface area contributed by atoms with Gasteiger partial charge in [0.2, 0.25) is 0 Å². The zero-order valence-corrected chi connectivity index (χ0v) is 17.9. The van der Waals surface area contributed by atoms with Gasteiger partial charge in [-0.2, -0.15) is 0 Å². The molecule has 0 radical (unpaired) electrons. The predicted octanol–water partition coefficient (Wildman–Crippen LogP) is 5.43. The van der Waals surface area contributed by atoms with Gasteiger partial charge in [0, 0.05) is 34.4 Å². The number of amides is 1. The van der Waals surface area contributed by atoms with Crippen LogP contribution < -0.4 is 10.1 Å². The van der Waals surface area contributed by atoms with Crippen LogP contribution in [0, 0.1) is 17.0 Å². The number of carbonyl (C=O) groups excluding carboxylic acids is 1. The lowest BCUT2D eigenvalue weighted by atomic mass is 10.0. The summed E-state index contributed by atoms with van der Waals surface area (Å²) in [7, 11) is 1.38. The van der Waals surface area contributed by atoms with E-state index in [0.29, 0.717) is 32.9 Å². The third-order valence-electron chi connectivity index (χ3n) is 5.01. The van der Waals surface area contributed by atoms with Crippen molar-refractivity contribution in [2.45, 2.75) is 6.92 Å². The number of hydrogen-bond donors (Lipinski definition) is 1. The third-order valence-corrected chi connectivity index (χ3v) is 5.42. The maximum atomic E-state index is 13.3. The fourth-order valence-electron chi connectivity index (χ4n) is 3.34. The van der Waals surface area contributed by atoms with E-state index in [9.17, 15) is 14.9 Å². The number of nitrogens with zero attached hydrogens (tertiary/aromatic N) is 3. The van der Waals surface area contributed by atoms with Crippen molar-refractivity contribution in [2.24, 2.45) is 0 Å². The van der Waals surface area contributed by atoms with Gasteiger partial charge >= 0.3 is 0 Å². The molecule has 0 spiro atoms. The summed E-state index contributed by atoms with van der Waals surface area (Å²) in [6, 6.07) is 12.8. The molecule has 0 unspecified atom stereocenters. The van der Waals surface area contributed by atoms with Crippen LogP contribution in [0.25, 0.3) is 22.2 Å². The van der Waals surface area contributed by atoms with Gasteiger partial charge in [-0.25, -0.2) is 4.98 Å². The number of nitro groups is 1. The van der Waals surface area contributed by atoms with Crippen LogP contribution in [-0.4, -0.2) is 27.9 Å². The summed E-state index contributed by atoms with van der Waals surface area (Å²) in [4.78, 5) is 32.7. The molecule has 8 nitrogen and oxygen atoms in total. The Hall–Kier alpha value is -4.04. The molecular formula is C23H17ClN4O4. The first kappa shape index (κ1) is 21.2. The lowest BCUT2D eigenvalue weighted by Gasteiger charge is -2.14. The van der Waals surface area contributed by atoms with Crippen LogP contribution >= 0.6 is 11.6 Å². The van der Waals surface area contributed by atoms with Crippen LogP contribution in [0.5, 0.6) is 5.75 Å². The SMILES string of the molecule is COc1cc([N+](=O)[O-])ccc1NC(=O)c1cc(-c2cccnc2)nc2c(C)c(Cl)ccc12. The number of aromatic nitrogens is 2. The van der Waals surface area contributed by atoms with Gasteiger partial charge in [-0.1, -0.05) is 17.7 Å². The number of non-ortho nitro benzene ring substituents is 1. The van der Waals surface area contributed by atoms with E-state index in [1.807, 2.05) is 13.0 Å². The molecule has 2 aromatic carbocycles. The Morgan fingerprint density at radius 3 is 2.69 bits per heavy atom. The Kier molecular flexibility index (Phi) is 5.70. The molecule has 32 heavy (non-hydrogen) atoms. The fraction of sp³-hybridized carbons (Fsp3) is 0.0870. The Morgan fingerprint density at radius 1 is 1.19 bits per heavy atom. The van der Waals surface area contributed by atoms with E-state index in [4.69, 9.17) is 21.3 Å². The highest BCUT2D eigenvalue weighted by Crippen LogP contribution is 2.32. The number of hydrogen-bond acceptors (Lipinski definition) is 6. The van der Waals surface area contributed by atoms with E-state index < -0.39 is 10.8 Å². The second-order valence-electron chi connectivity index (χ2n) is 6.96. The number of methoxy groups -OCH3 is 1. The lowest BCUT2D eigenvalue weighted by molar-refractivity contribution is -0.384. The van der Waals surface area contributed by atoms with Crippen molar-refractivity contribution < 1.29 is 14.5 Å². The monoisotopic (exact) mass is 448 g/mol. The molecule has 9 heteroatoms. The number of anilines is 1. The molecule has 4 aromatic rings. The van der Waals surface area contributed by atoms with E-state index >= 15 is 0 Å². The molecule has 0 bridgehead atoms. The standard InChI is InChI=1S/C23H17ClN4O4/c1-13-18(24)7-6-16-17(11-20(26-22(13)16)14-4-3-9-25-12-14)23(29)27-19-8-5-15(28(30)31)10-21(19)32-2/h3-12H,1-2H3,(H,27,29). The van der Waals surface area contributed by atoms with Crippen molar-refractivity contribution in [1.29, 1.82) is 0 Å². The number of ether oxygens (including phenoxy) is 1. The number of benzene rings is 2. The van der Waals surface area contributed by atoms with E-state index in [1.54, 1.807) is 36.7 Å². The predicted molar refractivity (Wildman–Crippen MR) is 122 cm³/mol. The first-order valence-corrected chi connectivity index (χ1v) is 9.91. The normalized spacial score (nSPS) is 10.7. The summed E-state index contributed by atoms with van der Waals surface area (Å²) >= 11 is 6.30. The highest BCUT2D eigenvalue weighted by Gasteiger charge is 2.19. The van der Waals surface area contributed by atoms with Gasteiger partial charge in [0.15, 0.2) is 0 Å². The summed E-state index contributed by atoms with van der Waals surface area (Å²) in [5.41, 5.74) is 3.19. The van der Waals surface area contributed by atoms with Crippen LogP contribution in [0.4, 0.5) is 11.4 Å². The molecule has 0 saturated carbocycles. The fourth-order valence-corrected chi connectivity index (χ4v) is 3.49. The Morgan fingerprint density at radius 2 is 2.00 bits per heavy atom. The molecule has 0 aliphatic rings. The highest BCUT2D eigenvalue weighted by molar-refractivity contribution is 6.32. The average molecular weight is 449 g/mol. The molecule has 4 rings (SSSR count). The smallest absolute Gasteiger partial charge is 0.273 e. The number of aryl methyl sites for hydroxylation is 1. The first-order chi connectivity index (χ1) is 15.4. The molecule has 1 amide bonds. The number of rotatable bonds is 5. The number of fused-ring (bicyclic) bond motifs is 1. The summed E-state index contributed by atoms with van der Waals surface area (Å²) in [5.74, 6) is -0.242. The van der Waals surface area contributed by atoms with E-state index in [-0.39, 0.29) is 11.4 Å². The highest BCUT2D eigenvalue weighted by atomic mass is 35.5. The summed E-state index contributed by atoms with van der Waals surface area (Å²) in [5, 5.41) is 15.0. The zero-order chi connectivity index (χ0) is 22.8. The van der Waals surface area contributed by atoms with Gasteiger partial charge in [0.1, 0.15) is 5.75 Å². The molecule has 0 fully saturated rings. The molecule has 160 valence electrons. The minimum Gasteiger partial charge on any atom is -0.494 e. The molecule has 1 N–H and O–H groups in total. The minimum absolute atomic E-state index is 0.140. The van der Waals surface area contributed by atoms with Crippen molar-refractivity contribution in [3.63, 3.8) is 0 Å². The van der Waals surface area contributed by atoms with Gasteiger partial charge in [0.25, 0.3) is 11.6 Å². The van der Waals surface area contributed by atoms with Gasteiger partial charge < -0.3 is 10.1 Å². The van der Waals surface area contributed by atoms with Crippen LogP contribution in [0.2, 0.25) is 5.02 Å². The minimum atomic E-state index is -0.531. The van der Waals surface area contributed by atoms with Crippen molar-refractivity contribution in [3.8, 4) is 17.0 Å². The molecule has 0 aliphatic heterocycles. The second-order valence-corrected chi connectivity index (χ2v) is 7.37. The van der Waals surface area contributed by atoms with E-state index in [0.717, 1.165) is 11.1 Å². The number of carbonyl (C=O) groups is 1. The largest absolute Gasteiger partial charge is 0.494 e. The zero-order valence-electron chi connectivity index (χ0n) is 17.1. The molecule has 2 aromatic heterocycles. The Labute approximate surface area is 188 Å². The van der Waals surface area contributed by atoms with Gasteiger partial charge in [-0.05, 0) is 42.8 Å². The maximum absolute atomic E-state index is 13.3. The van der Waals surface area contributed by atoms with Gasteiger partial charge in [-0.3, -0.25) is 19.9 Å². The maximum Gasteiger partial charge on any atom is 0.273 e. The molecule has 0 atom stereocenters. The van der Waals surface area contributed by atoms with E-state index in [1.165, 1.54) is 25.3 Å². The lowest BCUT2D eigenvalue weighted by Crippen LogP contribution is -2.14. The molecule has 0 aliphatic carbocycles. The van der Waals surface area contributed by atoms with Crippen molar-refractivity contribution in [1.82, 2.24) is 9.97 Å². The topological polar surface area (TPSA) is 107 Å². The van der Waals surface area contributed by atoms with Crippen molar-refractivity contribution in [3.05, 3.63) is 87.2 Å². The second kappa shape index (κ2) is 8.60. The van der Waals surface area contributed by atoms with Crippen LogP contribution in [-0.2, 0) is 0 Å². The number of halogens is 1. The number of nitro benzene ring substituents is 1.